The first kappa shape index (κ1) is 25.0. The number of carbonyl (C=O) groups is 1. The van der Waals surface area contributed by atoms with Crippen LogP contribution in [-0.2, 0) is 9.53 Å². The van der Waals surface area contributed by atoms with Gasteiger partial charge in [0.1, 0.15) is 11.4 Å². The number of esters is 1. The second-order valence-corrected chi connectivity index (χ2v) is 8.31. The Morgan fingerprint density at radius 2 is 1.60 bits per heavy atom. The van der Waals surface area contributed by atoms with Gasteiger partial charge in [0, 0.05) is 6.08 Å². The Morgan fingerprint density at radius 1 is 1.03 bits per heavy atom. The SMILES string of the molecule is C=CC(=O)OC(C)(C)C.CC(=CC=Cc1ccc(C(C)C)cc1)c1ccc(O)cc1. The zero-order valence-corrected chi connectivity index (χ0v) is 19.0. The standard InChI is InChI=1S/C20H22O.C7H12O2/c1-15(2)18-9-7-17(8-10-18)6-4-5-16(3)19-11-13-20(21)14-12-19;1-5-6(8)9-7(2,3)4/h4-15,21H,1-3H3;5H,1H2,2-4H3. The van der Waals surface area contributed by atoms with Gasteiger partial charge in [-0.3, -0.25) is 0 Å². The van der Waals surface area contributed by atoms with E-state index in [9.17, 15) is 9.90 Å². The van der Waals surface area contributed by atoms with Crippen LogP contribution in [0.1, 0.15) is 64.2 Å². The summed E-state index contributed by atoms with van der Waals surface area (Å²) in [6.45, 7) is 15.2. The molecular formula is C27H34O3. The molecule has 0 aliphatic carbocycles. The van der Waals surface area contributed by atoms with Crippen molar-refractivity contribution in [2.45, 2.75) is 53.1 Å². The van der Waals surface area contributed by atoms with E-state index in [2.05, 4.69) is 69.8 Å². The topological polar surface area (TPSA) is 46.5 Å². The minimum atomic E-state index is -0.398. The van der Waals surface area contributed by atoms with Gasteiger partial charge in [-0.25, -0.2) is 4.79 Å². The lowest BCUT2D eigenvalue weighted by Gasteiger charge is -2.17. The number of phenols is 1. The third kappa shape index (κ3) is 9.92. The molecule has 0 amide bonds. The molecule has 0 radical (unpaired) electrons. The summed E-state index contributed by atoms with van der Waals surface area (Å²) in [5, 5.41) is 9.29. The number of phenolic OH excluding ortho intramolecular Hbond substituents is 1. The van der Waals surface area contributed by atoms with E-state index in [4.69, 9.17) is 4.74 Å². The molecule has 3 nitrogen and oxygen atoms in total. The average molecular weight is 407 g/mol. The third-order valence-electron chi connectivity index (χ3n) is 4.13. The Morgan fingerprint density at radius 3 is 2.03 bits per heavy atom. The highest BCUT2D eigenvalue weighted by molar-refractivity contribution is 5.81. The molecular weight excluding hydrogens is 372 g/mol. The summed E-state index contributed by atoms with van der Waals surface area (Å²) in [7, 11) is 0. The van der Waals surface area contributed by atoms with Crippen LogP contribution in [0, 0.1) is 0 Å². The molecule has 0 aliphatic rings. The van der Waals surface area contributed by atoms with Crippen molar-refractivity contribution in [2.75, 3.05) is 0 Å². The molecule has 0 saturated heterocycles. The van der Waals surface area contributed by atoms with Crippen LogP contribution in [0.3, 0.4) is 0 Å². The van der Waals surface area contributed by atoms with Crippen molar-refractivity contribution in [3.05, 3.63) is 90.0 Å². The van der Waals surface area contributed by atoms with Gasteiger partial charge >= 0.3 is 5.97 Å². The maximum Gasteiger partial charge on any atom is 0.330 e. The van der Waals surface area contributed by atoms with E-state index in [0.717, 1.165) is 11.6 Å². The van der Waals surface area contributed by atoms with Crippen LogP contribution in [0.2, 0.25) is 0 Å². The predicted octanol–water partition coefficient (Wildman–Crippen LogP) is 7.15. The summed E-state index contributed by atoms with van der Waals surface area (Å²) < 4.78 is 4.83. The minimum absolute atomic E-state index is 0.298. The van der Waals surface area contributed by atoms with Crippen LogP contribution < -0.4 is 0 Å². The number of ether oxygens (including phenoxy) is 1. The highest BCUT2D eigenvalue weighted by Gasteiger charge is 2.12. The second-order valence-electron chi connectivity index (χ2n) is 8.31. The van der Waals surface area contributed by atoms with E-state index in [1.165, 1.54) is 16.7 Å². The van der Waals surface area contributed by atoms with Crippen LogP contribution >= 0.6 is 0 Å². The van der Waals surface area contributed by atoms with Crippen LogP contribution in [0.25, 0.3) is 11.6 Å². The molecule has 0 spiro atoms. The van der Waals surface area contributed by atoms with Crippen LogP contribution in [0.5, 0.6) is 5.75 Å². The van der Waals surface area contributed by atoms with Crippen molar-refractivity contribution >= 4 is 17.6 Å². The van der Waals surface area contributed by atoms with E-state index in [1.54, 1.807) is 12.1 Å². The number of carbonyl (C=O) groups excluding carboxylic acids is 1. The van der Waals surface area contributed by atoms with E-state index >= 15 is 0 Å². The molecule has 0 unspecified atom stereocenters. The molecule has 2 aromatic carbocycles. The lowest BCUT2D eigenvalue weighted by atomic mass is 10.0. The molecule has 0 aromatic heterocycles. The van der Waals surface area contributed by atoms with Gasteiger partial charge in [-0.2, -0.15) is 0 Å². The fourth-order valence-electron chi connectivity index (χ4n) is 2.46. The van der Waals surface area contributed by atoms with Crippen LogP contribution in [0.4, 0.5) is 0 Å². The fraction of sp³-hybridized carbons (Fsp3) is 0.296. The summed E-state index contributed by atoms with van der Waals surface area (Å²) in [4.78, 5) is 10.5. The smallest absolute Gasteiger partial charge is 0.330 e. The minimum Gasteiger partial charge on any atom is -0.508 e. The first-order chi connectivity index (χ1) is 14.0. The predicted molar refractivity (Wildman–Crippen MR) is 127 cm³/mol. The highest BCUT2D eigenvalue weighted by Crippen LogP contribution is 2.18. The molecule has 3 heteroatoms. The Bertz CT molecular complexity index is 862. The zero-order valence-electron chi connectivity index (χ0n) is 19.0. The molecule has 1 N–H and O–H groups in total. The molecule has 0 fully saturated rings. The van der Waals surface area contributed by atoms with Crippen molar-refractivity contribution in [2.24, 2.45) is 0 Å². The average Bonchev–Trinajstić information content (AvgIpc) is 2.68. The first-order valence-corrected chi connectivity index (χ1v) is 10.1. The molecule has 0 saturated carbocycles. The monoisotopic (exact) mass is 406 g/mol. The summed E-state index contributed by atoms with van der Waals surface area (Å²) in [5.74, 6) is 0.495. The maximum absolute atomic E-state index is 10.5. The third-order valence-corrected chi connectivity index (χ3v) is 4.13. The Labute approximate surface area is 181 Å². The highest BCUT2D eigenvalue weighted by atomic mass is 16.6. The molecule has 30 heavy (non-hydrogen) atoms. The van der Waals surface area contributed by atoms with Crippen LogP contribution in [0.15, 0.2) is 73.3 Å². The summed E-state index contributed by atoms with van der Waals surface area (Å²) in [6.07, 6.45) is 7.41. The number of aromatic hydroxyl groups is 1. The number of hydrogen-bond donors (Lipinski definition) is 1. The summed E-state index contributed by atoms with van der Waals surface area (Å²) >= 11 is 0. The van der Waals surface area contributed by atoms with Gasteiger partial charge in [0.25, 0.3) is 0 Å². The van der Waals surface area contributed by atoms with Crippen molar-refractivity contribution in [1.29, 1.82) is 0 Å². The van der Waals surface area contributed by atoms with Crippen molar-refractivity contribution in [3.63, 3.8) is 0 Å². The van der Waals surface area contributed by atoms with Crippen molar-refractivity contribution in [1.82, 2.24) is 0 Å². The lowest BCUT2D eigenvalue weighted by molar-refractivity contribution is -0.148. The van der Waals surface area contributed by atoms with Gasteiger partial charge in [-0.1, -0.05) is 75.1 Å². The van der Waals surface area contributed by atoms with Gasteiger partial charge < -0.3 is 9.84 Å². The molecule has 160 valence electrons. The van der Waals surface area contributed by atoms with E-state index in [1.807, 2.05) is 32.9 Å². The molecule has 2 rings (SSSR count). The largest absolute Gasteiger partial charge is 0.508 e. The zero-order chi connectivity index (χ0) is 22.7. The van der Waals surface area contributed by atoms with Gasteiger partial charge in [0.15, 0.2) is 0 Å². The van der Waals surface area contributed by atoms with E-state index in [-0.39, 0.29) is 5.97 Å². The molecule has 0 heterocycles. The first-order valence-electron chi connectivity index (χ1n) is 10.1. The van der Waals surface area contributed by atoms with Crippen LogP contribution in [-0.4, -0.2) is 16.7 Å². The lowest BCUT2D eigenvalue weighted by Crippen LogP contribution is -2.22. The molecule has 0 aliphatic heterocycles. The quantitative estimate of drug-likeness (QED) is 0.326. The summed E-state index contributed by atoms with van der Waals surface area (Å²) in [5.41, 5.74) is 4.46. The molecule has 0 atom stereocenters. The number of benzene rings is 2. The van der Waals surface area contributed by atoms with Crippen molar-refractivity contribution in [3.8, 4) is 5.75 Å². The Kier molecular flexibility index (Phi) is 9.83. The second kappa shape index (κ2) is 11.8. The number of allylic oxidation sites excluding steroid dienone is 3. The Balaban J connectivity index is 0.000000424. The maximum atomic E-state index is 10.5. The van der Waals surface area contributed by atoms with Gasteiger partial charge in [-0.15, -0.1) is 0 Å². The molecule has 2 aromatic rings. The fourth-order valence-corrected chi connectivity index (χ4v) is 2.46. The van der Waals surface area contributed by atoms with Gasteiger partial charge in [0.2, 0.25) is 0 Å². The van der Waals surface area contributed by atoms with E-state index in [0.29, 0.717) is 11.7 Å². The Hall–Kier alpha value is -3.07. The van der Waals surface area contributed by atoms with E-state index < -0.39 is 5.60 Å². The molecule has 0 bridgehead atoms. The normalized spacial score (nSPS) is 11.8. The number of rotatable bonds is 5. The summed E-state index contributed by atoms with van der Waals surface area (Å²) in [6, 6.07) is 15.9. The van der Waals surface area contributed by atoms with Crippen molar-refractivity contribution < 1.29 is 14.6 Å². The number of hydrogen-bond acceptors (Lipinski definition) is 3. The van der Waals surface area contributed by atoms with Gasteiger partial charge in [0.05, 0.1) is 0 Å². The van der Waals surface area contributed by atoms with Gasteiger partial charge in [-0.05, 0) is 68.0 Å².